The van der Waals surface area contributed by atoms with Crippen LogP contribution in [0.5, 0.6) is 0 Å². The van der Waals surface area contributed by atoms with Gasteiger partial charge in [-0.25, -0.2) is 13.9 Å². The van der Waals surface area contributed by atoms with Gasteiger partial charge in [0.1, 0.15) is 0 Å². The largest absolute Gasteiger partial charge is 0.306 e. The standard InChI is InChI=1S/C13H18ClN3OS/c1-9-10(14)5-6-17-8-15-11(12(9)17)7-16-19(18)13(2,3)4/h5-6,8,16H,7H2,1-4H3. The highest BCUT2D eigenvalue weighted by molar-refractivity contribution is 7.84. The molecule has 2 aromatic heterocycles. The molecule has 2 aromatic rings. The van der Waals surface area contributed by atoms with Crippen LogP contribution in [-0.2, 0) is 17.5 Å². The lowest BCUT2D eigenvalue weighted by molar-refractivity contribution is 0.634. The van der Waals surface area contributed by atoms with Gasteiger partial charge in [0.25, 0.3) is 0 Å². The average molecular weight is 300 g/mol. The Morgan fingerprint density at radius 2 is 2.16 bits per heavy atom. The van der Waals surface area contributed by atoms with Crippen LogP contribution in [-0.4, -0.2) is 18.3 Å². The molecule has 0 spiro atoms. The first-order valence-corrected chi connectivity index (χ1v) is 7.59. The summed E-state index contributed by atoms with van der Waals surface area (Å²) in [5, 5.41) is 0.714. The van der Waals surface area contributed by atoms with E-state index >= 15 is 0 Å². The van der Waals surface area contributed by atoms with Crippen LogP contribution in [0, 0.1) is 6.92 Å². The number of pyridine rings is 1. The summed E-state index contributed by atoms with van der Waals surface area (Å²) >= 11 is 6.13. The van der Waals surface area contributed by atoms with E-state index in [0.717, 1.165) is 16.8 Å². The van der Waals surface area contributed by atoms with E-state index in [-0.39, 0.29) is 4.75 Å². The minimum absolute atomic E-state index is 0.289. The molecule has 2 rings (SSSR count). The van der Waals surface area contributed by atoms with Crippen LogP contribution in [0.1, 0.15) is 32.0 Å². The summed E-state index contributed by atoms with van der Waals surface area (Å²) in [5.74, 6) is 0. The first-order chi connectivity index (χ1) is 8.80. The third-order valence-corrected chi connectivity index (χ3v) is 4.82. The fourth-order valence-corrected chi connectivity index (χ4v) is 2.63. The minimum atomic E-state index is -1.11. The SMILES string of the molecule is Cc1c(Cl)ccn2cnc(CNS(=O)C(C)(C)C)c12. The second-order valence-corrected chi connectivity index (χ2v) is 7.90. The summed E-state index contributed by atoms with van der Waals surface area (Å²) in [7, 11) is -1.11. The zero-order chi connectivity index (χ0) is 14.2. The second-order valence-electron chi connectivity index (χ2n) is 5.44. The fraction of sp³-hybridized carbons (Fsp3) is 0.462. The molecule has 0 amide bonds. The topological polar surface area (TPSA) is 46.4 Å². The Balaban J connectivity index is 2.27. The van der Waals surface area contributed by atoms with Crippen molar-refractivity contribution >= 4 is 28.1 Å². The number of hydrogen-bond acceptors (Lipinski definition) is 2. The summed E-state index contributed by atoms with van der Waals surface area (Å²) in [6.45, 7) is 8.22. The predicted molar refractivity (Wildman–Crippen MR) is 79.7 cm³/mol. The second kappa shape index (κ2) is 5.23. The van der Waals surface area contributed by atoms with E-state index in [0.29, 0.717) is 11.6 Å². The van der Waals surface area contributed by atoms with Crippen LogP contribution < -0.4 is 4.72 Å². The van der Waals surface area contributed by atoms with E-state index < -0.39 is 11.0 Å². The van der Waals surface area contributed by atoms with Crippen LogP contribution >= 0.6 is 11.6 Å². The number of halogens is 1. The molecular formula is C13H18ClN3OS. The van der Waals surface area contributed by atoms with Gasteiger partial charge in [-0.3, -0.25) is 0 Å². The third kappa shape index (κ3) is 2.99. The quantitative estimate of drug-likeness (QED) is 0.947. The van der Waals surface area contributed by atoms with Crippen LogP contribution in [0.2, 0.25) is 5.02 Å². The maximum atomic E-state index is 12.0. The Kier molecular flexibility index (Phi) is 3.99. The molecule has 4 nitrogen and oxygen atoms in total. The molecule has 19 heavy (non-hydrogen) atoms. The highest BCUT2D eigenvalue weighted by atomic mass is 35.5. The van der Waals surface area contributed by atoms with Crippen LogP contribution in [0.25, 0.3) is 5.52 Å². The molecular weight excluding hydrogens is 282 g/mol. The maximum Gasteiger partial charge on any atom is 0.0996 e. The third-order valence-electron chi connectivity index (χ3n) is 2.89. The van der Waals surface area contributed by atoms with E-state index in [2.05, 4.69) is 9.71 Å². The molecule has 0 saturated carbocycles. The molecule has 0 aromatic carbocycles. The van der Waals surface area contributed by atoms with E-state index in [9.17, 15) is 4.21 Å². The zero-order valence-corrected chi connectivity index (χ0v) is 13.1. The number of rotatable bonds is 3. The Labute approximate surface area is 120 Å². The molecule has 0 bridgehead atoms. The number of fused-ring (bicyclic) bond motifs is 1. The summed E-state index contributed by atoms with van der Waals surface area (Å²) < 4.78 is 16.6. The van der Waals surface area contributed by atoms with Crippen molar-refractivity contribution < 1.29 is 4.21 Å². The van der Waals surface area contributed by atoms with E-state index in [1.807, 2.05) is 44.4 Å². The molecule has 1 unspecified atom stereocenters. The number of aryl methyl sites for hydroxylation is 1. The average Bonchev–Trinajstić information content (AvgIpc) is 2.73. The number of hydrogen-bond donors (Lipinski definition) is 1. The lowest BCUT2D eigenvalue weighted by Gasteiger charge is -2.17. The predicted octanol–water partition coefficient (Wildman–Crippen LogP) is 2.85. The Morgan fingerprint density at radius 1 is 1.47 bits per heavy atom. The zero-order valence-electron chi connectivity index (χ0n) is 11.5. The molecule has 0 saturated heterocycles. The smallest absolute Gasteiger partial charge is 0.0996 e. The molecule has 1 atom stereocenters. The lowest BCUT2D eigenvalue weighted by atomic mass is 10.2. The van der Waals surface area contributed by atoms with Crippen molar-refractivity contribution in [2.24, 2.45) is 0 Å². The molecule has 0 aliphatic rings. The van der Waals surface area contributed by atoms with E-state index in [1.165, 1.54) is 0 Å². The minimum Gasteiger partial charge on any atom is -0.306 e. The Morgan fingerprint density at radius 3 is 2.79 bits per heavy atom. The number of aromatic nitrogens is 2. The van der Waals surface area contributed by atoms with Crippen molar-refractivity contribution in [3.05, 3.63) is 34.9 Å². The van der Waals surface area contributed by atoms with Gasteiger partial charge in [0.05, 0.1) is 39.8 Å². The molecule has 0 fully saturated rings. The van der Waals surface area contributed by atoms with Gasteiger partial charge in [-0.2, -0.15) is 0 Å². The summed E-state index contributed by atoms with van der Waals surface area (Å²) in [4.78, 5) is 4.36. The summed E-state index contributed by atoms with van der Waals surface area (Å²) in [5.41, 5.74) is 2.82. The highest BCUT2D eigenvalue weighted by Crippen LogP contribution is 2.22. The van der Waals surface area contributed by atoms with Crippen molar-refractivity contribution in [3.8, 4) is 0 Å². The summed E-state index contributed by atoms with van der Waals surface area (Å²) in [6, 6.07) is 1.84. The van der Waals surface area contributed by atoms with Gasteiger partial charge in [-0.15, -0.1) is 0 Å². The monoisotopic (exact) mass is 299 g/mol. The van der Waals surface area contributed by atoms with Gasteiger partial charge in [0.15, 0.2) is 0 Å². The number of nitrogens with one attached hydrogen (secondary N) is 1. The Hall–Kier alpha value is -0.910. The normalized spacial score (nSPS) is 13.9. The first kappa shape index (κ1) is 14.5. The first-order valence-electron chi connectivity index (χ1n) is 6.06. The van der Waals surface area contributed by atoms with Gasteiger partial charge in [-0.05, 0) is 39.3 Å². The van der Waals surface area contributed by atoms with Crippen LogP contribution in [0.4, 0.5) is 0 Å². The molecule has 0 aliphatic carbocycles. The van der Waals surface area contributed by atoms with Gasteiger partial charge in [0.2, 0.25) is 0 Å². The molecule has 1 N–H and O–H groups in total. The van der Waals surface area contributed by atoms with Gasteiger partial charge in [0, 0.05) is 11.2 Å². The molecule has 0 aliphatic heterocycles. The maximum absolute atomic E-state index is 12.0. The van der Waals surface area contributed by atoms with Crippen LogP contribution in [0.15, 0.2) is 18.6 Å². The van der Waals surface area contributed by atoms with Crippen molar-refractivity contribution in [2.75, 3.05) is 0 Å². The molecule has 2 heterocycles. The van der Waals surface area contributed by atoms with Crippen molar-refractivity contribution in [3.63, 3.8) is 0 Å². The summed E-state index contributed by atoms with van der Waals surface area (Å²) in [6.07, 6.45) is 3.62. The number of imidazole rings is 1. The fourth-order valence-electron chi connectivity index (χ4n) is 1.79. The van der Waals surface area contributed by atoms with Gasteiger partial charge < -0.3 is 4.40 Å². The van der Waals surface area contributed by atoms with Gasteiger partial charge >= 0.3 is 0 Å². The highest BCUT2D eigenvalue weighted by Gasteiger charge is 2.20. The molecule has 6 heteroatoms. The molecule has 0 radical (unpaired) electrons. The van der Waals surface area contributed by atoms with Crippen molar-refractivity contribution in [2.45, 2.75) is 39.0 Å². The number of nitrogens with zero attached hydrogens (tertiary/aromatic N) is 2. The lowest BCUT2D eigenvalue weighted by Crippen LogP contribution is -2.33. The van der Waals surface area contributed by atoms with Crippen molar-refractivity contribution in [1.29, 1.82) is 0 Å². The van der Waals surface area contributed by atoms with Gasteiger partial charge in [-0.1, -0.05) is 11.6 Å². The van der Waals surface area contributed by atoms with E-state index in [4.69, 9.17) is 11.6 Å². The van der Waals surface area contributed by atoms with E-state index in [1.54, 1.807) is 6.33 Å². The van der Waals surface area contributed by atoms with Crippen molar-refractivity contribution in [1.82, 2.24) is 14.1 Å². The molecule has 104 valence electrons. The Bertz CT molecular complexity index is 631. The van der Waals surface area contributed by atoms with Crippen LogP contribution in [0.3, 0.4) is 0 Å².